The first-order valence-electron chi connectivity index (χ1n) is 10.3. The van der Waals surface area contributed by atoms with Crippen molar-refractivity contribution in [3.8, 4) is 11.5 Å². The average Bonchev–Trinajstić information content (AvgIpc) is 2.80. The molecule has 2 aromatic rings. The van der Waals surface area contributed by atoms with Crippen LogP contribution in [0.25, 0.3) is 0 Å². The highest BCUT2D eigenvalue weighted by Crippen LogP contribution is 2.28. The summed E-state index contributed by atoms with van der Waals surface area (Å²) in [5, 5.41) is 9.24. The number of hydrogen-bond acceptors (Lipinski definition) is 5. The summed E-state index contributed by atoms with van der Waals surface area (Å²) in [5.74, 6) is 2.27. The fourth-order valence-electron chi connectivity index (χ4n) is 2.93. The van der Waals surface area contributed by atoms with Gasteiger partial charge in [-0.15, -0.1) is 0 Å². The maximum atomic E-state index is 11.2. The quantitative estimate of drug-likeness (QED) is 0.304. The van der Waals surface area contributed by atoms with Crippen molar-refractivity contribution in [2.45, 2.75) is 26.3 Å². The lowest BCUT2D eigenvalue weighted by Gasteiger charge is -2.13. The number of aryl methyl sites for hydroxylation is 1. The molecule has 0 fully saturated rings. The Bertz CT molecular complexity index is 853. The lowest BCUT2D eigenvalue weighted by Crippen LogP contribution is -2.37. The molecule has 2 aromatic carbocycles. The van der Waals surface area contributed by atoms with Crippen molar-refractivity contribution in [1.82, 2.24) is 10.6 Å². The summed E-state index contributed by atoms with van der Waals surface area (Å²) in [6.45, 7) is 3.97. The highest BCUT2D eigenvalue weighted by atomic mass is 16.5. The first kappa shape index (κ1) is 23.9. The molecule has 2 rings (SSSR count). The van der Waals surface area contributed by atoms with Crippen LogP contribution in [0.3, 0.4) is 0 Å². The molecule has 0 aromatic heterocycles. The number of amides is 1. The van der Waals surface area contributed by atoms with E-state index in [2.05, 4.69) is 31.7 Å². The highest BCUT2D eigenvalue weighted by Gasteiger charge is 2.06. The number of nitrogens with zero attached hydrogens (tertiary/aromatic N) is 1. The summed E-state index contributed by atoms with van der Waals surface area (Å²) in [6, 6.07) is 13.6. The number of benzene rings is 2. The van der Waals surface area contributed by atoms with Gasteiger partial charge in [0.25, 0.3) is 0 Å². The fraction of sp³-hybridized carbons (Fsp3) is 0.391. The summed E-state index contributed by atoms with van der Waals surface area (Å²) in [5.41, 5.74) is 2.96. The molecule has 0 heterocycles. The third-order valence-electron chi connectivity index (χ3n) is 4.53. The molecule has 0 spiro atoms. The normalized spacial score (nSPS) is 10.9. The average molecular weight is 429 g/mol. The molecule has 31 heavy (non-hydrogen) atoms. The Morgan fingerprint density at radius 3 is 2.39 bits per heavy atom. The second-order valence-corrected chi connectivity index (χ2v) is 6.69. The first-order chi connectivity index (χ1) is 15.1. The van der Waals surface area contributed by atoms with Crippen LogP contribution in [-0.4, -0.2) is 46.5 Å². The zero-order chi connectivity index (χ0) is 22.5. The Morgan fingerprint density at radius 2 is 1.74 bits per heavy atom. The monoisotopic (exact) mass is 428 g/mol. The van der Waals surface area contributed by atoms with E-state index in [4.69, 9.17) is 9.47 Å². The minimum Gasteiger partial charge on any atom is -0.493 e. The second-order valence-electron chi connectivity index (χ2n) is 6.69. The van der Waals surface area contributed by atoms with Gasteiger partial charge in [-0.3, -0.25) is 10.3 Å². The Kier molecular flexibility index (Phi) is 10.0. The number of carbonyl (C=O) groups is 1. The third kappa shape index (κ3) is 8.08. The predicted octanol–water partition coefficient (Wildman–Crippen LogP) is 3.57. The molecule has 0 aliphatic carbocycles. The minimum absolute atomic E-state index is 0.487. The molecule has 8 nitrogen and oxygen atoms in total. The number of nitrogens with one attached hydrogen (secondary N) is 3. The predicted molar refractivity (Wildman–Crippen MR) is 123 cm³/mol. The van der Waals surface area contributed by atoms with E-state index in [1.807, 2.05) is 43.3 Å². The zero-order valence-electron chi connectivity index (χ0n) is 18.7. The van der Waals surface area contributed by atoms with E-state index in [9.17, 15) is 4.79 Å². The maximum Gasteiger partial charge on any atom is 0.411 e. The van der Waals surface area contributed by atoms with Gasteiger partial charge in [0.15, 0.2) is 17.5 Å². The van der Waals surface area contributed by atoms with Crippen LogP contribution in [0.5, 0.6) is 11.5 Å². The molecular formula is C23H32N4O4. The van der Waals surface area contributed by atoms with Crippen molar-refractivity contribution in [3.05, 3.63) is 53.6 Å². The maximum absolute atomic E-state index is 11.2. The first-order valence-corrected chi connectivity index (χ1v) is 10.3. The van der Waals surface area contributed by atoms with E-state index in [0.29, 0.717) is 18.8 Å². The van der Waals surface area contributed by atoms with Crippen LogP contribution in [0.15, 0.2) is 47.5 Å². The zero-order valence-corrected chi connectivity index (χ0v) is 18.7. The van der Waals surface area contributed by atoms with Crippen molar-refractivity contribution >= 4 is 17.7 Å². The van der Waals surface area contributed by atoms with Crippen molar-refractivity contribution in [2.24, 2.45) is 4.99 Å². The lowest BCUT2D eigenvalue weighted by atomic mass is 10.1. The smallest absolute Gasteiger partial charge is 0.411 e. The van der Waals surface area contributed by atoms with Crippen LogP contribution in [0.2, 0.25) is 0 Å². The number of rotatable bonds is 10. The van der Waals surface area contributed by atoms with Gasteiger partial charge in [0, 0.05) is 25.8 Å². The van der Waals surface area contributed by atoms with Crippen molar-refractivity contribution < 1.29 is 19.0 Å². The number of carbonyl (C=O) groups excluding carboxylic acids is 1. The summed E-state index contributed by atoms with van der Waals surface area (Å²) < 4.78 is 15.6. The molecule has 1 amide bonds. The Balaban J connectivity index is 1.75. The molecule has 168 valence electrons. The molecule has 0 saturated heterocycles. The summed E-state index contributed by atoms with van der Waals surface area (Å²) in [6.07, 6.45) is 1.38. The van der Waals surface area contributed by atoms with Gasteiger partial charge in [0.05, 0.1) is 20.8 Å². The van der Waals surface area contributed by atoms with E-state index >= 15 is 0 Å². The molecule has 8 heteroatoms. The SMILES string of the molecule is CCOc1cc(CCCNC(=NC)NCc2ccc(NC(=O)OC)cc2)ccc1OC. The van der Waals surface area contributed by atoms with Crippen LogP contribution in [-0.2, 0) is 17.7 Å². The Labute approximate surface area is 184 Å². The number of methoxy groups -OCH3 is 2. The van der Waals surface area contributed by atoms with Gasteiger partial charge in [-0.2, -0.15) is 0 Å². The standard InChI is InChI=1S/C23H32N4O4/c1-5-31-21-15-17(10-13-20(21)29-3)7-6-14-25-22(24-2)26-16-18-8-11-19(12-9-18)27-23(28)30-4/h8-13,15H,5-7,14,16H2,1-4H3,(H,27,28)(H2,24,25,26). The molecule has 3 N–H and O–H groups in total. The molecule has 0 atom stereocenters. The molecule has 0 saturated carbocycles. The van der Waals surface area contributed by atoms with Gasteiger partial charge in [0.2, 0.25) is 0 Å². The van der Waals surface area contributed by atoms with Crippen molar-refractivity contribution in [3.63, 3.8) is 0 Å². The Morgan fingerprint density at radius 1 is 1.00 bits per heavy atom. The second kappa shape index (κ2) is 13.0. The van der Waals surface area contributed by atoms with Gasteiger partial charge in [-0.1, -0.05) is 18.2 Å². The van der Waals surface area contributed by atoms with Gasteiger partial charge in [0.1, 0.15) is 0 Å². The summed E-state index contributed by atoms with van der Waals surface area (Å²) >= 11 is 0. The lowest BCUT2D eigenvalue weighted by molar-refractivity contribution is 0.187. The minimum atomic E-state index is -0.487. The third-order valence-corrected chi connectivity index (χ3v) is 4.53. The van der Waals surface area contributed by atoms with E-state index in [1.54, 1.807) is 14.2 Å². The van der Waals surface area contributed by atoms with E-state index in [1.165, 1.54) is 12.7 Å². The molecule has 0 aliphatic rings. The number of aliphatic imine (C=N–C) groups is 1. The van der Waals surface area contributed by atoms with Crippen LogP contribution >= 0.6 is 0 Å². The number of ether oxygens (including phenoxy) is 3. The highest BCUT2D eigenvalue weighted by molar-refractivity contribution is 5.84. The molecular weight excluding hydrogens is 396 g/mol. The number of guanidine groups is 1. The van der Waals surface area contributed by atoms with Crippen LogP contribution in [0, 0.1) is 0 Å². The summed E-state index contributed by atoms with van der Waals surface area (Å²) in [7, 11) is 4.73. The van der Waals surface area contributed by atoms with E-state index in [0.717, 1.165) is 42.4 Å². The molecule has 0 aliphatic heterocycles. The fourth-order valence-corrected chi connectivity index (χ4v) is 2.93. The van der Waals surface area contributed by atoms with Crippen LogP contribution in [0.1, 0.15) is 24.5 Å². The summed E-state index contributed by atoms with van der Waals surface area (Å²) in [4.78, 5) is 15.5. The number of anilines is 1. The number of hydrogen-bond donors (Lipinski definition) is 3. The van der Waals surface area contributed by atoms with Gasteiger partial charge in [-0.25, -0.2) is 4.79 Å². The van der Waals surface area contributed by atoms with E-state index < -0.39 is 6.09 Å². The van der Waals surface area contributed by atoms with E-state index in [-0.39, 0.29) is 0 Å². The van der Waals surface area contributed by atoms with Crippen molar-refractivity contribution in [2.75, 3.05) is 39.7 Å². The van der Waals surface area contributed by atoms with Crippen LogP contribution in [0.4, 0.5) is 10.5 Å². The molecule has 0 unspecified atom stereocenters. The molecule has 0 bridgehead atoms. The molecule has 0 radical (unpaired) electrons. The van der Waals surface area contributed by atoms with Crippen molar-refractivity contribution in [1.29, 1.82) is 0 Å². The largest absolute Gasteiger partial charge is 0.493 e. The Hall–Kier alpha value is -3.42. The van der Waals surface area contributed by atoms with Gasteiger partial charge < -0.3 is 24.8 Å². The topological polar surface area (TPSA) is 93.2 Å². The van der Waals surface area contributed by atoms with Gasteiger partial charge >= 0.3 is 6.09 Å². The van der Waals surface area contributed by atoms with Gasteiger partial charge in [-0.05, 0) is 55.2 Å². The van der Waals surface area contributed by atoms with Crippen LogP contribution < -0.4 is 25.4 Å².